The molecule has 1 aromatic rings. The van der Waals surface area contributed by atoms with Crippen LogP contribution in [0, 0.1) is 0 Å². The van der Waals surface area contributed by atoms with Gasteiger partial charge in [0, 0.05) is 11.8 Å². The molecule has 0 spiro atoms. The number of rotatable bonds is 3. The molecule has 0 saturated heterocycles. The van der Waals surface area contributed by atoms with E-state index >= 15 is 0 Å². The Morgan fingerprint density at radius 3 is 3.08 bits per heavy atom. The number of nitrogens with two attached hydrogens (primary N) is 1. The minimum atomic E-state index is -0.241. The summed E-state index contributed by atoms with van der Waals surface area (Å²) in [6.45, 7) is 3.66. The molecule has 0 bridgehead atoms. The van der Waals surface area contributed by atoms with Gasteiger partial charge in [-0.1, -0.05) is 34.3 Å². The van der Waals surface area contributed by atoms with Gasteiger partial charge >= 0.3 is 0 Å². The lowest BCUT2D eigenvalue weighted by Gasteiger charge is -1.99. The fourth-order valence-electron chi connectivity index (χ4n) is 0.668. The summed E-state index contributed by atoms with van der Waals surface area (Å²) in [7, 11) is 0. The summed E-state index contributed by atoms with van der Waals surface area (Å²) in [5.41, 5.74) is 5.15. The van der Waals surface area contributed by atoms with Gasteiger partial charge in [0.05, 0.1) is 0 Å². The number of H-pyrrole nitrogens is 1. The van der Waals surface area contributed by atoms with E-state index < -0.39 is 0 Å². The van der Waals surface area contributed by atoms with Crippen molar-refractivity contribution >= 4 is 33.5 Å². The molecule has 0 atom stereocenters. The van der Waals surface area contributed by atoms with Crippen LogP contribution in [0.5, 0.6) is 0 Å². The van der Waals surface area contributed by atoms with Gasteiger partial charge in [-0.3, -0.25) is 4.79 Å². The standard InChI is InChI=1S/C7H8BrN3OS/c1-4(8)3-13-7-10-5(9)2-6(12)11-7/h2H,1,3H2,(H3,9,10,11,12). The van der Waals surface area contributed by atoms with Crippen LogP contribution in [0.4, 0.5) is 5.82 Å². The highest BCUT2D eigenvalue weighted by molar-refractivity contribution is 9.11. The zero-order valence-corrected chi connectivity index (χ0v) is 9.11. The van der Waals surface area contributed by atoms with E-state index in [0.29, 0.717) is 10.9 Å². The molecule has 6 heteroatoms. The van der Waals surface area contributed by atoms with Gasteiger partial charge in [0.1, 0.15) is 5.82 Å². The number of nitrogens with zero attached hydrogens (tertiary/aromatic N) is 1. The third kappa shape index (κ3) is 3.65. The average molecular weight is 262 g/mol. The van der Waals surface area contributed by atoms with Crippen LogP contribution in [0.3, 0.4) is 0 Å². The van der Waals surface area contributed by atoms with E-state index in [4.69, 9.17) is 5.73 Å². The van der Waals surface area contributed by atoms with Crippen molar-refractivity contribution in [1.29, 1.82) is 0 Å². The molecule has 0 unspecified atom stereocenters. The van der Waals surface area contributed by atoms with E-state index in [1.165, 1.54) is 17.8 Å². The Morgan fingerprint density at radius 2 is 2.54 bits per heavy atom. The van der Waals surface area contributed by atoms with Crippen molar-refractivity contribution in [3.63, 3.8) is 0 Å². The Balaban J connectivity index is 2.77. The number of halogens is 1. The van der Waals surface area contributed by atoms with Crippen LogP contribution in [0.25, 0.3) is 0 Å². The van der Waals surface area contributed by atoms with Gasteiger partial charge in [-0.05, 0) is 4.48 Å². The highest BCUT2D eigenvalue weighted by atomic mass is 79.9. The van der Waals surface area contributed by atoms with E-state index in [1.807, 2.05) is 0 Å². The van der Waals surface area contributed by atoms with Crippen LogP contribution in [0.1, 0.15) is 0 Å². The van der Waals surface area contributed by atoms with Gasteiger partial charge in [0.15, 0.2) is 5.16 Å². The van der Waals surface area contributed by atoms with Crippen molar-refractivity contribution in [2.24, 2.45) is 0 Å². The van der Waals surface area contributed by atoms with E-state index in [-0.39, 0.29) is 11.4 Å². The molecule has 1 rings (SSSR count). The molecule has 0 saturated carbocycles. The van der Waals surface area contributed by atoms with Crippen LogP contribution in [-0.2, 0) is 0 Å². The molecule has 1 heterocycles. The highest BCUT2D eigenvalue weighted by Gasteiger charge is 1.99. The molecular formula is C7H8BrN3OS. The molecule has 70 valence electrons. The number of nitrogen functional groups attached to an aromatic ring is 1. The summed E-state index contributed by atoms with van der Waals surface area (Å²) in [5.74, 6) is 0.873. The first-order valence-electron chi connectivity index (χ1n) is 3.41. The molecule has 13 heavy (non-hydrogen) atoms. The third-order valence-corrected chi connectivity index (χ3v) is 2.72. The van der Waals surface area contributed by atoms with Gasteiger partial charge in [-0.25, -0.2) is 4.98 Å². The number of hydrogen-bond donors (Lipinski definition) is 2. The second kappa shape index (κ2) is 4.48. The fraction of sp³-hybridized carbons (Fsp3) is 0.143. The van der Waals surface area contributed by atoms with Crippen molar-refractivity contribution in [3.05, 3.63) is 27.5 Å². The lowest BCUT2D eigenvalue weighted by molar-refractivity contribution is 0.947. The third-order valence-electron chi connectivity index (χ3n) is 1.11. The molecule has 0 aliphatic rings. The largest absolute Gasteiger partial charge is 0.383 e. The van der Waals surface area contributed by atoms with Crippen LogP contribution >= 0.6 is 27.7 Å². The number of hydrogen-bond acceptors (Lipinski definition) is 4. The first kappa shape index (κ1) is 10.3. The minimum Gasteiger partial charge on any atom is -0.383 e. The lowest BCUT2D eigenvalue weighted by atomic mass is 10.6. The van der Waals surface area contributed by atoms with E-state index in [1.54, 1.807) is 0 Å². The van der Waals surface area contributed by atoms with Crippen molar-refractivity contribution in [2.45, 2.75) is 5.16 Å². The molecule has 1 aromatic heterocycles. The minimum absolute atomic E-state index is 0.228. The second-order valence-corrected chi connectivity index (χ2v) is 4.37. The summed E-state index contributed by atoms with van der Waals surface area (Å²) in [6, 6.07) is 1.24. The van der Waals surface area contributed by atoms with Gasteiger partial charge < -0.3 is 10.7 Å². The Kier molecular flexibility index (Phi) is 3.56. The Morgan fingerprint density at radius 1 is 1.85 bits per heavy atom. The summed E-state index contributed by atoms with van der Waals surface area (Å²) in [6.07, 6.45) is 0. The topological polar surface area (TPSA) is 71.8 Å². The molecule has 0 fully saturated rings. The number of anilines is 1. The summed E-state index contributed by atoms with van der Waals surface area (Å²) in [5, 5.41) is 0.505. The Bertz CT molecular complexity index is 376. The van der Waals surface area contributed by atoms with Crippen molar-refractivity contribution in [3.8, 4) is 0 Å². The fourth-order valence-corrected chi connectivity index (χ4v) is 1.65. The quantitative estimate of drug-likeness (QED) is 0.637. The van der Waals surface area contributed by atoms with E-state index in [2.05, 4.69) is 32.5 Å². The molecule has 0 radical (unpaired) electrons. The van der Waals surface area contributed by atoms with Gasteiger partial charge in [-0.15, -0.1) is 0 Å². The molecule has 0 amide bonds. The molecule has 4 nitrogen and oxygen atoms in total. The predicted molar refractivity (Wildman–Crippen MR) is 58.1 cm³/mol. The molecular weight excluding hydrogens is 254 g/mol. The molecule has 3 N–H and O–H groups in total. The van der Waals surface area contributed by atoms with E-state index in [9.17, 15) is 4.79 Å². The lowest BCUT2D eigenvalue weighted by Crippen LogP contribution is -2.09. The highest BCUT2D eigenvalue weighted by Crippen LogP contribution is 2.17. The molecule has 0 aliphatic carbocycles. The molecule has 0 aliphatic heterocycles. The predicted octanol–water partition coefficient (Wildman–Crippen LogP) is 1.35. The van der Waals surface area contributed by atoms with Crippen molar-refractivity contribution in [2.75, 3.05) is 11.5 Å². The van der Waals surface area contributed by atoms with Gasteiger partial charge in [0.2, 0.25) is 0 Å². The number of nitrogens with one attached hydrogen (secondary N) is 1. The van der Waals surface area contributed by atoms with E-state index in [0.717, 1.165) is 4.48 Å². The normalized spacial score (nSPS) is 9.92. The van der Waals surface area contributed by atoms with Gasteiger partial charge in [0.25, 0.3) is 5.56 Å². The van der Waals surface area contributed by atoms with Crippen molar-refractivity contribution < 1.29 is 0 Å². The van der Waals surface area contributed by atoms with Crippen molar-refractivity contribution in [1.82, 2.24) is 9.97 Å². The monoisotopic (exact) mass is 261 g/mol. The first-order valence-corrected chi connectivity index (χ1v) is 5.18. The van der Waals surface area contributed by atoms with Crippen LogP contribution in [0.15, 0.2) is 27.1 Å². The summed E-state index contributed by atoms with van der Waals surface area (Å²) >= 11 is 4.57. The Hall–Kier alpha value is -0.750. The number of aromatic amines is 1. The smallest absolute Gasteiger partial charge is 0.253 e. The first-order chi connectivity index (χ1) is 6.08. The Labute approximate surface area is 87.8 Å². The average Bonchev–Trinajstić information content (AvgIpc) is 1.99. The zero-order chi connectivity index (χ0) is 9.84. The number of aromatic nitrogens is 2. The second-order valence-electron chi connectivity index (χ2n) is 2.28. The van der Waals surface area contributed by atoms with Crippen LogP contribution in [-0.4, -0.2) is 15.7 Å². The summed E-state index contributed by atoms with van der Waals surface area (Å²) < 4.78 is 0.836. The van der Waals surface area contributed by atoms with Crippen LogP contribution < -0.4 is 11.3 Å². The van der Waals surface area contributed by atoms with Gasteiger partial charge in [-0.2, -0.15) is 0 Å². The zero-order valence-electron chi connectivity index (χ0n) is 6.71. The SMILES string of the molecule is C=C(Br)CSc1nc(N)cc(=O)[nH]1. The number of thioether (sulfide) groups is 1. The maximum absolute atomic E-state index is 10.9. The maximum Gasteiger partial charge on any atom is 0.253 e. The maximum atomic E-state index is 10.9. The van der Waals surface area contributed by atoms with Crippen LogP contribution in [0.2, 0.25) is 0 Å². The summed E-state index contributed by atoms with van der Waals surface area (Å²) in [4.78, 5) is 17.4. The molecule has 0 aromatic carbocycles.